The molecule has 0 radical (unpaired) electrons. The first-order chi connectivity index (χ1) is 18.0. The monoisotopic (exact) mass is 479 g/mol. The number of aromatic nitrogens is 5. The van der Waals surface area contributed by atoms with Crippen molar-refractivity contribution >= 4 is 34.7 Å². The first kappa shape index (κ1) is 19.3. The van der Waals surface area contributed by atoms with Crippen LogP contribution in [0.1, 0.15) is 59.2 Å². The number of methoxy groups -OCH3 is 1. The molecule has 182 valence electrons. The third-order valence-electron chi connectivity index (χ3n) is 6.36. The minimum Gasteiger partial charge on any atom is -0.494 e. The SMILES string of the molecule is [2H]C([2H])([2H])CC(=O)c1cnc(NC(=O)C2CC2)cc1Nc1ncc(OC)c2c1N(C)[C@@H](C)c1nn(C)nc1-2. The van der Waals surface area contributed by atoms with Gasteiger partial charge in [-0.05, 0) is 19.8 Å². The Hall–Kier alpha value is -4.02. The van der Waals surface area contributed by atoms with Crippen LogP contribution in [-0.4, -0.2) is 50.8 Å². The Morgan fingerprint density at radius 2 is 2.03 bits per heavy atom. The fourth-order valence-electron chi connectivity index (χ4n) is 4.21. The Morgan fingerprint density at radius 3 is 2.74 bits per heavy atom. The number of hydrogen-bond acceptors (Lipinski definition) is 9. The number of hydrogen-bond donors (Lipinski definition) is 2. The summed E-state index contributed by atoms with van der Waals surface area (Å²) in [5.41, 5.74) is 3.12. The Balaban J connectivity index is 1.61. The van der Waals surface area contributed by atoms with E-state index in [0.717, 1.165) is 18.5 Å². The van der Waals surface area contributed by atoms with Gasteiger partial charge in [-0.15, -0.1) is 0 Å². The molecule has 2 N–H and O–H groups in total. The zero-order valence-corrected chi connectivity index (χ0v) is 19.9. The van der Waals surface area contributed by atoms with Gasteiger partial charge in [0, 0.05) is 42.8 Å². The molecule has 0 saturated heterocycles. The second kappa shape index (κ2) is 8.64. The first-order valence-electron chi connectivity index (χ1n) is 12.8. The molecule has 1 aliphatic heterocycles. The van der Waals surface area contributed by atoms with Gasteiger partial charge < -0.3 is 20.3 Å². The van der Waals surface area contributed by atoms with E-state index in [1.165, 1.54) is 17.1 Å². The molecule has 11 nitrogen and oxygen atoms in total. The Morgan fingerprint density at radius 1 is 1.23 bits per heavy atom. The van der Waals surface area contributed by atoms with E-state index in [2.05, 4.69) is 30.8 Å². The van der Waals surface area contributed by atoms with E-state index in [4.69, 9.17) is 8.85 Å². The zero-order chi connectivity index (χ0) is 27.4. The highest BCUT2D eigenvalue weighted by atomic mass is 16.5. The number of ketones is 1. The van der Waals surface area contributed by atoms with Crippen molar-refractivity contribution in [3.63, 3.8) is 0 Å². The van der Waals surface area contributed by atoms with Crippen molar-refractivity contribution in [1.82, 2.24) is 25.0 Å². The molecule has 1 atom stereocenters. The van der Waals surface area contributed by atoms with E-state index in [9.17, 15) is 9.59 Å². The molecule has 35 heavy (non-hydrogen) atoms. The molecule has 3 aromatic rings. The fraction of sp³-hybridized carbons (Fsp3) is 0.417. The maximum absolute atomic E-state index is 13.0. The van der Waals surface area contributed by atoms with Gasteiger partial charge in [-0.25, -0.2) is 9.97 Å². The molecule has 1 amide bonds. The summed E-state index contributed by atoms with van der Waals surface area (Å²) in [6, 6.07) is 1.37. The molecule has 1 fully saturated rings. The van der Waals surface area contributed by atoms with Crippen LogP contribution in [0.3, 0.4) is 0 Å². The van der Waals surface area contributed by atoms with Gasteiger partial charge in [0.05, 0.1) is 41.9 Å². The van der Waals surface area contributed by atoms with Crippen LogP contribution in [0.25, 0.3) is 11.3 Å². The van der Waals surface area contributed by atoms with Crippen LogP contribution in [0.5, 0.6) is 5.75 Å². The molecule has 0 bridgehead atoms. The Bertz CT molecular complexity index is 1430. The molecule has 0 spiro atoms. The molecule has 0 unspecified atom stereocenters. The quantitative estimate of drug-likeness (QED) is 0.490. The predicted molar refractivity (Wildman–Crippen MR) is 131 cm³/mol. The van der Waals surface area contributed by atoms with E-state index < -0.39 is 19.1 Å². The molecule has 11 heteroatoms. The second-order valence-electron chi connectivity index (χ2n) is 8.71. The molecular formula is C24H28N8O3. The number of ether oxygens (including phenoxy) is 1. The van der Waals surface area contributed by atoms with Crippen LogP contribution in [0.15, 0.2) is 18.5 Å². The number of Topliss-reactive ketones (excluding diaryl/α,β-unsaturated/α-hetero) is 1. The largest absolute Gasteiger partial charge is 0.494 e. The van der Waals surface area contributed by atoms with Gasteiger partial charge in [0.2, 0.25) is 5.91 Å². The van der Waals surface area contributed by atoms with Gasteiger partial charge in [-0.1, -0.05) is 6.85 Å². The van der Waals surface area contributed by atoms with Crippen molar-refractivity contribution < 1.29 is 18.4 Å². The Labute approximate surface area is 207 Å². The number of carbonyl (C=O) groups excluding carboxylic acids is 2. The summed E-state index contributed by atoms with van der Waals surface area (Å²) in [5.74, 6) is 0.331. The van der Waals surface area contributed by atoms with E-state index in [1.54, 1.807) is 20.4 Å². The lowest BCUT2D eigenvalue weighted by molar-refractivity contribution is -0.117. The topological polar surface area (TPSA) is 127 Å². The van der Waals surface area contributed by atoms with Crippen molar-refractivity contribution in [2.75, 3.05) is 29.7 Å². The maximum Gasteiger partial charge on any atom is 0.228 e. The predicted octanol–water partition coefficient (Wildman–Crippen LogP) is 3.48. The molecule has 5 rings (SSSR count). The van der Waals surface area contributed by atoms with Gasteiger partial charge in [0.1, 0.15) is 23.0 Å². The number of aryl methyl sites for hydroxylation is 1. The number of nitrogens with one attached hydrogen (secondary N) is 2. The number of amides is 1. The highest BCUT2D eigenvalue weighted by Gasteiger charge is 2.35. The lowest BCUT2D eigenvalue weighted by atomic mass is 9.97. The third kappa shape index (κ3) is 3.96. The summed E-state index contributed by atoms with van der Waals surface area (Å²) >= 11 is 0. The first-order valence-corrected chi connectivity index (χ1v) is 11.3. The summed E-state index contributed by atoms with van der Waals surface area (Å²) in [7, 11) is 5.18. The van der Waals surface area contributed by atoms with Gasteiger partial charge in [0.25, 0.3) is 0 Å². The number of rotatable bonds is 7. The van der Waals surface area contributed by atoms with Crippen LogP contribution in [-0.2, 0) is 11.8 Å². The molecule has 3 aromatic heterocycles. The normalized spacial score (nSPS) is 18.0. The number of carbonyl (C=O) groups is 2. The van der Waals surface area contributed by atoms with Crippen LogP contribution in [0.4, 0.5) is 23.0 Å². The van der Waals surface area contributed by atoms with E-state index in [-0.39, 0.29) is 34.9 Å². The van der Waals surface area contributed by atoms with E-state index in [1.807, 2.05) is 18.9 Å². The number of anilines is 4. The minimum absolute atomic E-state index is 0.0448. The average molecular weight is 480 g/mol. The van der Waals surface area contributed by atoms with Crippen LogP contribution in [0.2, 0.25) is 0 Å². The summed E-state index contributed by atoms with van der Waals surface area (Å²) in [6.45, 7) is -0.467. The summed E-state index contributed by atoms with van der Waals surface area (Å²) in [4.78, 5) is 37.6. The minimum atomic E-state index is -2.46. The van der Waals surface area contributed by atoms with Crippen LogP contribution >= 0.6 is 0 Å². The fourth-order valence-corrected chi connectivity index (χ4v) is 4.21. The van der Waals surface area contributed by atoms with Crippen molar-refractivity contribution in [2.24, 2.45) is 13.0 Å². The van der Waals surface area contributed by atoms with Gasteiger partial charge in [-0.3, -0.25) is 9.59 Å². The summed E-state index contributed by atoms with van der Waals surface area (Å²) in [6.07, 6.45) is 3.81. The second-order valence-corrected chi connectivity index (χ2v) is 8.71. The molecule has 4 heterocycles. The standard InChI is InChI=1S/C24H28N8O3/c1-6-16(33)14-10-25-18(28-24(34)13-7-8-13)9-15(14)27-23-22-19(17(35-5)11-26-23)21-20(12(2)31(22)3)29-32(4)30-21/h9-13H,6-8H2,1-5H3,(H2,25,26,27,28,34)/t12-/m0/s1/i1D3. The van der Waals surface area contributed by atoms with Crippen molar-refractivity contribution in [2.45, 2.75) is 39.1 Å². The van der Waals surface area contributed by atoms with Crippen molar-refractivity contribution in [3.05, 3.63) is 29.7 Å². The lowest BCUT2D eigenvalue weighted by Gasteiger charge is -2.34. The number of fused-ring (bicyclic) bond motifs is 3. The number of pyridine rings is 2. The molecule has 2 aliphatic rings. The van der Waals surface area contributed by atoms with Crippen LogP contribution < -0.4 is 20.3 Å². The smallest absolute Gasteiger partial charge is 0.228 e. The van der Waals surface area contributed by atoms with E-state index >= 15 is 0 Å². The van der Waals surface area contributed by atoms with Gasteiger partial charge >= 0.3 is 0 Å². The number of nitrogens with zero attached hydrogens (tertiary/aromatic N) is 6. The van der Waals surface area contributed by atoms with Gasteiger partial charge in [0.15, 0.2) is 11.6 Å². The van der Waals surface area contributed by atoms with E-state index in [0.29, 0.717) is 28.5 Å². The Kier molecular flexibility index (Phi) is 4.77. The molecule has 1 saturated carbocycles. The molecule has 1 aliphatic carbocycles. The third-order valence-corrected chi connectivity index (χ3v) is 6.36. The maximum atomic E-state index is 13.0. The zero-order valence-electron chi connectivity index (χ0n) is 22.9. The lowest BCUT2D eigenvalue weighted by Crippen LogP contribution is -2.28. The summed E-state index contributed by atoms with van der Waals surface area (Å²) in [5, 5.41) is 15.1. The summed E-state index contributed by atoms with van der Waals surface area (Å²) < 4.78 is 28.3. The highest BCUT2D eigenvalue weighted by molar-refractivity contribution is 6.03. The highest BCUT2D eigenvalue weighted by Crippen LogP contribution is 2.50. The molecular weight excluding hydrogens is 448 g/mol. The van der Waals surface area contributed by atoms with Crippen molar-refractivity contribution in [1.29, 1.82) is 0 Å². The average Bonchev–Trinajstić information content (AvgIpc) is 3.62. The van der Waals surface area contributed by atoms with Gasteiger partial charge in [-0.2, -0.15) is 15.0 Å². The van der Waals surface area contributed by atoms with Crippen molar-refractivity contribution in [3.8, 4) is 17.0 Å². The van der Waals surface area contributed by atoms with Crippen LogP contribution in [0, 0.1) is 5.92 Å². The molecule has 0 aromatic carbocycles.